The highest BCUT2D eigenvalue weighted by Crippen LogP contribution is 2.14. The summed E-state index contributed by atoms with van der Waals surface area (Å²) in [5, 5.41) is 0. The SMILES string of the molecule is COc1ncc(CCN=C=O)cc1C. The minimum Gasteiger partial charge on any atom is -0.481 e. The van der Waals surface area contributed by atoms with Gasteiger partial charge in [0, 0.05) is 11.8 Å². The molecule has 1 aromatic heterocycles. The van der Waals surface area contributed by atoms with E-state index in [-0.39, 0.29) is 0 Å². The molecule has 0 N–H and O–H groups in total. The largest absolute Gasteiger partial charge is 0.481 e. The van der Waals surface area contributed by atoms with Gasteiger partial charge in [-0.15, -0.1) is 0 Å². The molecule has 0 aliphatic heterocycles. The van der Waals surface area contributed by atoms with Crippen LogP contribution in [0.5, 0.6) is 5.88 Å². The molecule has 74 valence electrons. The van der Waals surface area contributed by atoms with Crippen LogP contribution in [0.1, 0.15) is 11.1 Å². The number of carbonyl (C=O) groups excluding carboxylic acids is 1. The normalized spacial score (nSPS) is 9.29. The second kappa shape index (κ2) is 5.14. The first-order chi connectivity index (χ1) is 6.77. The van der Waals surface area contributed by atoms with Crippen molar-refractivity contribution in [1.29, 1.82) is 0 Å². The summed E-state index contributed by atoms with van der Waals surface area (Å²) < 4.78 is 5.03. The van der Waals surface area contributed by atoms with Gasteiger partial charge in [0.15, 0.2) is 0 Å². The van der Waals surface area contributed by atoms with Crippen molar-refractivity contribution < 1.29 is 9.53 Å². The zero-order chi connectivity index (χ0) is 10.4. The first-order valence-electron chi connectivity index (χ1n) is 4.31. The Labute approximate surface area is 82.6 Å². The maximum absolute atomic E-state index is 9.84. The summed E-state index contributed by atoms with van der Waals surface area (Å²) in [5.41, 5.74) is 2.03. The van der Waals surface area contributed by atoms with Crippen LogP contribution in [0.3, 0.4) is 0 Å². The topological polar surface area (TPSA) is 51.6 Å². The molecule has 1 rings (SSSR count). The summed E-state index contributed by atoms with van der Waals surface area (Å²) in [6, 6.07) is 1.98. The summed E-state index contributed by atoms with van der Waals surface area (Å²) in [5.74, 6) is 0.632. The fraction of sp³-hybridized carbons (Fsp3) is 0.400. The maximum Gasteiger partial charge on any atom is 0.234 e. The van der Waals surface area contributed by atoms with E-state index in [2.05, 4.69) is 9.98 Å². The molecular weight excluding hydrogens is 180 g/mol. The number of aryl methyl sites for hydroxylation is 1. The lowest BCUT2D eigenvalue weighted by molar-refractivity contribution is 0.394. The van der Waals surface area contributed by atoms with Gasteiger partial charge in [0.1, 0.15) is 0 Å². The number of hydrogen-bond acceptors (Lipinski definition) is 4. The van der Waals surface area contributed by atoms with Crippen LogP contribution in [0.15, 0.2) is 17.3 Å². The Hall–Kier alpha value is -1.67. The van der Waals surface area contributed by atoms with Crippen molar-refractivity contribution in [1.82, 2.24) is 4.98 Å². The number of isocyanates is 1. The van der Waals surface area contributed by atoms with Crippen LogP contribution >= 0.6 is 0 Å². The lowest BCUT2D eigenvalue weighted by atomic mass is 10.1. The van der Waals surface area contributed by atoms with E-state index in [1.54, 1.807) is 13.3 Å². The number of nitrogens with zero attached hydrogens (tertiary/aromatic N) is 2. The zero-order valence-electron chi connectivity index (χ0n) is 8.28. The van der Waals surface area contributed by atoms with Gasteiger partial charge in [0.2, 0.25) is 12.0 Å². The van der Waals surface area contributed by atoms with Crippen molar-refractivity contribution in [2.75, 3.05) is 13.7 Å². The molecule has 0 aromatic carbocycles. The first kappa shape index (κ1) is 10.4. The van der Waals surface area contributed by atoms with Gasteiger partial charge in [-0.2, -0.15) is 0 Å². The highest BCUT2D eigenvalue weighted by molar-refractivity contribution is 5.33. The van der Waals surface area contributed by atoms with Crippen LogP contribution in [0.25, 0.3) is 0 Å². The van der Waals surface area contributed by atoms with Crippen LogP contribution < -0.4 is 4.74 Å². The van der Waals surface area contributed by atoms with Crippen LogP contribution in [0, 0.1) is 6.92 Å². The molecule has 0 spiro atoms. The van der Waals surface area contributed by atoms with Crippen LogP contribution in [0.4, 0.5) is 0 Å². The van der Waals surface area contributed by atoms with Gasteiger partial charge in [-0.3, -0.25) is 0 Å². The molecule has 0 saturated carbocycles. The van der Waals surface area contributed by atoms with Crippen molar-refractivity contribution in [2.24, 2.45) is 4.99 Å². The van der Waals surface area contributed by atoms with E-state index in [4.69, 9.17) is 4.74 Å². The highest BCUT2D eigenvalue weighted by Gasteiger charge is 2.00. The molecule has 4 nitrogen and oxygen atoms in total. The van der Waals surface area contributed by atoms with Crippen molar-refractivity contribution in [3.63, 3.8) is 0 Å². The molecule has 0 saturated heterocycles. The fourth-order valence-electron chi connectivity index (χ4n) is 1.20. The molecule has 0 aliphatic carbocycles. The van der Waals surface area contributed by atoms with Gasteiger partial charge in [0.05, 0.1) is 13.7 Å². The van der Waals surface area contributed by atoms with E-state index in [1.165, 1.54) is 6.08 Å². The molecule has 0 bridgehead atoms. The van der Waals surface area contributed by atoms with Crippen LogP contribution in [-0.4, -0.2) is 24.7 Å². The zero-order valence-corrected chi connectivity index (χ0v) is 8.28. The van der Waals surface area contributed by atoms with E-state index in [0.717, 1.165) is 11.1 Å². The number of rotatable bonds is 4. The number of hydrogen-bond donors (Lipinski definition) is 0. The summed E-state index contributed by atoms with van der Waals surface area (Å²) in [6.07, 6.45) is 3.93. The lowest BCUT2D eigenvalue weighted by Crippen LogP contribution is -1.95. The predicted molar refractivity (Wildman–Crippen MR) is 52.2 cm³/mol. The number of ether oxygens (including phenoxy) is 1. The Morgan fingerprint density at radius 2 is 2.43 bits per heavy atom. The summed E-state index contributed by atoms with van der Waals surface area (Å²) in [7, 11) is 1.59. The first-order valence-corrected chi connectivity index (χ1v) is 4.31. The van der Waals surface area contributed by atoms with Gasteiger partial charge in [-0.25, -0.2) is 14.8 Å². The summed E-state index contributed by atoms with van der Waals surface area (Å²) >= 11 is 0. The number of methoxy groups -OCH3 is 1. The summed E-state index contributed by atoms with van der Waals surface area (Å²) in [6.45, 7) is 2.38. The van der Waals surface area contributed by atoms with Crippen LogP contribution in [-0.2, 0) is 11.2 Å². The van der Waals surface area contributed by atoms with E-state index in [1.807, 2.05) is 13.0 Å². The Morgan fingerprint density at radius 1 is 1.64 bits per heavy atom. The Bertz CT molecular complexity index is 357. The van der Waals surface area contributed by atoms with Gasteiger partial charge >= 0.3 is 0 Å². The Morgan fingerprint density at radius 3 is 3.00 bits per heavy atom. The van der Waals surface area contributed by atoms with E-state index < -0.39 is 0 Å². The molecule has 0 amide bonds. The highest BCUT2D eigenvalue weighted by atomic mass is 16.5. The lowest BCUT2D eigenvalue weighted by Gasteiger charge is -2.04. The molecular formula is C10H12N2O2. The number of aromatic nitrogens is 1. The third kappa shape index (κ3) is 2.68. The second-order valence-corrected chi connectivity index (χ2v) is 2.89. The predicted octanol–water partition coefficient (Wildman–Crippen LogP) is 1.28. The number of pyridine rings is 1. The van der Waals surface area contributed by atoms with Gasteiger partial charge in [-0.1, -0.05) is 0 Å². The van der Waals surface area contributed by atoms with E-state index in [9.17, 15) is 4.79 Å². The molecule has 4 heteroatoms. The fourth-order valence-corrected chi connectivity index (χ4v) is 1.20. The van der Waals surface area contributed by atoms with Gasteiger partial charge in [0.25, 0.3) is 0 Å². The summed E-state index contributed by atoms with van der Waals surface area (Å²) in [4.78, 5) is 17.4. The Kier molecular flexibility index (Phi) is 3.83. The average molecular weight is 192 g/mol. The van der Waals surface area contributed by atoms with E-state index in [0.29, 0.717) is 18.8 Å². The molecule has 0 unspecified atom stereocenters. The molecule has 14 heavy (non-hydrogen) atoms. The molecule has 0 atom stereocenters. The minimum absolute atomic E-state index is 0.455. The van der Waals surface area contributed by atoms with E-state index >= 15 is 0 Å². The van der Waals surface area contributed by atoms with Crippen LogP contribution in [0.2, 0.25) is 0 Å². The van der Waals surface area contributed by atoms with Crippen molar-refractivity contribution in [3.8, 4) is 5.88 Å². The minimum atomic E-state index is 0.455. The Balaban J connectivity index is 2.70. The van der Waals surface area contributed by atoms with Crippen molar-refractivity contribution >= 4 is 6.08 Å². The van der Waals surface area contributed by atoms with Gasteiger partial charge in [-0.05, 0) is 25.0 Å². The number of aliphatic imine (C=N–C) groups is 1. The molecule has 1 heterocycles. The smallest absolute Gasteiger partial charge is 0.234 e. The molecule has 0 radical (unpaired) electrons. The van der Waals surface area contributed by atoms with Crippen molar-refractivity contribution in [3.05, 3.63) is 23.4 Å². The third-order valence-corrected chi connectivity index (χ3v) is 1.86. The maximum atomic E-state index is 9.84. The van der Waals surface area contributed by atoms with Crippen molar-refractivity contribution in [2.45, 2.75) is 13.3 Å². The monoisotopic (exact) mass is 192 g/mol. The van der Waals surface area contributed by atoms with Gasteiger partial charge < -0.3 is 4.74 Å². The molecule has 0 fully saturated rings. The standard InChI is InChI=1S/C10H12N2O2/c1-8-5-9(3-4-11-7-13)6-12-10(8)14-2/h5-6H,3-4H2,1-2H3. The third-order valence-electron chi connectivity index (χ3n) is 1.86. The second-order valence-electron chi connectivity index (χ2n) is 2.89. The molecule has 1 aromatic rings. The quantitative estimate of drug-likeness (QED) is 0.533. The average Bonchev–Trinajstić information content (AvgIpc) is 2.18. The molecule has 0 aliphatic rings.